The van der Waals surface area contributed by atoms with E-state index in [1.54, 1.807) is 0 Å². The molecule has 7 nitrogen and oxygen atoms in total. The Kier molecular flexibility index (Phi) is 5.32. The molecule has 1 aliphatic heterocycles. The van der Waals surface area contributed by atoms with Crippen molar-refractivity contribution in [3.05, 3.63) is 11.6 Å². The summed E-state index contributed by atoms with van der Waals surface area (Å²) in [6.45, 7) is 10.0. The van der Waals surface area contributed by atoms with Crippen LogP contribution in [0.25, 0.3) is 0 Å². The van der Waals surface area contributed by atoms with Crippen LogP contribution in [0.5, 0.6) is 0 Å². The third-order valence-electron chi connectivity index (χ3n) is 6.23. The lowest BCUT2D eigenvalue weighted by Gasteiger charge is -2.55. The van der Waals surface area contributed by atoms with Gasteiger partial charge in [0.1, 0.15) is 5.82 Å². The van der Waals surface area contributed by atoms with Crippen molar-refractivity contribution < 1.29 is 9.53 Å². The average Bonchev–Trinajstić information content (AvgIpc) is 2.98. The van der Waals surface area contributed by atoms with Crippen LogP contribution in [0.3, 0.4) is 0 Å². The maximum absolute atomic E-state index is 12.6. The number of ether oxygens (including phenoxy) is 1. The van der Waals surface area contributed by atoms with Crippen LogP contribution in [0.4, 0.5) is 4.79 Å². The maximum atomic E-state index is 12.6. The highest BCUT2D eigenvalue weighted by Gasteiger charge is 2.53. The van der Waals surface area contributed by atoms with Gasteiger partial charge in [-0.3, -0.25) is 0 Å². The number of aryl methyl sites for hydroxylation is 1. The van der Waals surface area contributed by atoms with Gasteiger partial charge in [-0.1, -0.05) is 13.8 Å². The molecule has 0 bridgehead atoms. The zero-order valence-corrected chi connectivity index (χ0v) is 15.8. The molecule has 7 heteroatoms. The average molecular weight is 349 g/mol. The number of fused-ring (bicyclic) bond motifs is 1. The smallest absolute Gasteiger partial charge is 0.315 e. The predicted molar refractivity (Wildman–Crippen MR) is 95.2 cm³/mol. The molecule has 2 heterocycles. The normalized spacial score (nSPS) is 27.3. The summed E-state index contributed by atoms with van der Waals surface area (Å²) in [6, 6.07) is 0.00272. The van der Waals surface area contributed by atoms with Crippen LogP contribution in [0.2, 0.25) is 0 Å². The van der Waals surface area contributed by atoms with Crippen LogP contribution in [0.1, 0.15) is 70.6 Å². The van der Waals surface area contributed by atoms with Crippen LogP contribution in [-0.2, 0) is 11.3 Å². The fourth-order valence-electron chi connectivity index (χ4n) is 4.59. The number of hydrogen-bond acceptors (Lipinski definition) is 4. The predicted octanol–water partition coefficient (Wildman–Crippen LogP) is 2.70. The van der Waals surface area contributed by atoms with Gasteiger partial charge in [0.15, 0.2) is 5.82 Å². The third-order valence-corrected chi connectivity index (χ3v) is 6.23. The Hall–Kier alpha value is -1.63. The van der Waals surface area contributed by atoms with Crippen molar-refractivity contribution in [1.29, 1.82) is 0 Å². The van der Waals surface area contributed by atoms with E-state index < -0.39 is 0 Å². The first-order valence-corrected chi connectivity index (χ1v) is 9.64. The highest BCUT2D eigenvalue weighted by molar-refractivity contribution is 5.75. The van der Waals surface area contributed by atoms with Gasteiger partial charge >= 0.3 is 6.03 Å². The second kappa shape index (κ2) is 7.32. The van der Waals surface area contributed by atoms with Gasteiger partial charge in [-0.2, -0.15) is 0 Å². The van der Waals surface area contributed by atoms with Crippen molar-refractivity contribution in [2.24, 2.45) is 5.41 Å². The number of urea groups is 1. The van der Waals surface area contributed by atoms with Crippen molar-refractivity contribution in [2.75, 3.05) is 6.61 Å². The summed E-state index contributed by atoms with van der Waals surface area (Å²) < 4.78 is 8.00. The minimum atomic E-state index is -0.106. The van der Waals surface area contributed by atoms with Crippen LogP contribution >= 0.6 is 0 Å². The van der Waals surface area contributed by atoms with E-state index in [-0.39, 0.29) is 29.6 Å². The van der Waals surface area contributed by atoms with Gasteiger partial charge < -0.3 is 19.9 Å². The standard InChI is InChI=1S/C18H31N5O2/c1-5-18(6-2)14(11-15(18)25-7-3)20-17(24)19-13-9-8-10-23-12(4)21-22-16(13)23/h13-15H,5-11H2,1-4H3,(H2,19,20,24). The molecule has 1 fully saturated rings. The van der Waals surface area contributed by atoms with Gasteiger partial charge in [-0.25, -0.2) is 4.79 Å². The number of nitrogens with one attached hydrogen (secondary N) is 2. The fraction of sp³-hybridized carbons (Fsp3) is 0.833. The fourth-order valence-corrected chi connectivity index (χ4v) is 4.59. The second-order valence-corrected chi connectivity index (χ2v) is 7.24. The van der Waals surface area contributed by atoms with Crippen LogP contribution in [0, 0.1) is 12.3 Å². The topological polar surface area (TPSA) is 81.1 Å². The molecule has 2 amide bonds. The van der Waals surface area contributed by atoms with E-state index >= 15 is 0 Å². The summed E-state index contributed by atoms with van der Waals surface area (Å²) >= 11 is 0. The summed E-state index contributed by atoms with van der Waals surface area (Å²) in [5, 5.41) is 14.7. The molecule has 1 aromatic rings. The number of carbonyl (C=O) groups excluding carboxylic acids is 1. The Morgan fingerprint density at radius 3 is 2.72 bits per heavy atom. The number of hydrogen-bond donors (Lipinski definition) is 2. The van der Waals surface area contributed by atoms with Crippen molar-refractivity contribution in [2.45, 2.75) is 84.5 Å². The highest BCUT2D eigenvalue weighted by atomic mass is 16.5. The summed E-state index contributed by atoms with van der Waals surface area (Å²) in [5.41, 5.74) is 0.0521. The minimum absolute atomic E-state index is 0.0521. The summed E-state index contributed by atoms with van der Waals surface area (Å²) in [6.07, 6.45) is 5.10. The number of nitrogens with zero attached hydrogens (tertiary/aromatic N) is 3. The highest BCUT2D eigenvalue weighted by Crippen LogP contribution is 2.48. The SMILES string of the molecule is CCOC1CC(NC(=O)NC2CCCn3c(C)nnc32)C1(CC)CC. The molecular formula is C18H31N5O2. The molecule has 2 aliphatic rings. The van der Waals surface area contributed by atoms with E-state index in [4.69, 9.17) is 4.74 Å². The van der Waals surface area contributed by atoms with Crippen LogP contribution in [-0.4, -0.2) is 39.5 Å². The molecular weight excluding hydrogens is 318 g/mol. The van der Waals surface area contributed by atoms with Crippen molar-refractivity contribution in [1.82, 2.24) is 25.4 Å². The second-order valence-electron chi connectivity index (χ2n) is 7.24. The minimum Gasteiger partial charge on any atom is -0.378 e. The van der Waals surface area contributed by atoms with Crippen LogP contribution in [0.15, 0.2) is 0 Å². The summed E-state index contributed by atoms with van der Waals surface area (Å²) in [4.78, 5) is 12.6. The molecule has 3 unspecified atom stereocenters. The lowest BCUT2D eigenvalue weighted by Crippen LogP contribution is -2.65. The number of carbonyl (C=O) groups is 1. The first kappa shape index (κ1) is 18.2. The molecule has 0 spiro atoms. The van der Waals surface area contributed by atoms with E-state index in [1.807, 2.05) is 13.8 Å². The number of aromatic nitrogens is 3. The molecule has 25 heavy (non-hydrogen) atoms. The molecule has 3 rings (SSSR count). The quantitative estimate of drug-likeness (QED) is 0.827. The molecule has 0 radical (unpaired) electrons. The maximum Gasteiger partial charge on any atom is 0.315 e. The van der Waals surface area contributed by atoms with Gasteiger partial charge in [-0.05, 0) is 46.0 Å². The molecule has 140 valence electrons. The van der Waals surface area contributed by atoms with Gasteiger partial charge in [0.2, 0.25) is 0 Å². The van der Waals surface area contributed by atoms with Gasteiger partial charge in [0.25, 0.3) is 0 Å². The van der Waals surface area contributed by atoms with Crippen molar-refractivity contribution in [3.8, 4) is 0 Å². The molecule has 0 aromatic carbocycles. The molecule has 1 aromatic heterocycles. The lowest BCUT2D eigenvalue weighted by molar-refractivity contribution is -0.134. The zero-order chi connectivity index (χ0) is 18.0. The van der Waals surface area contributed by atoms with E-state index in [0.29, 0.717) is 0 Å². The third kappa shape index (κ3) is 3.14. The molecule has 0 saturated heterocycles. The number of rotatable bonds is 6. The zero-order valence-electron chi connectivity index (χ0n) is 15.8. The van der Waals surface area contributed by atoms with Gasteiger partial charge in [0.05, 0.1) is 12.1 Å². The summed E-state index contributed by atoms with van der Waals surface area (Å²) in [7, 11) is 0. The van der Waals surface area contributed by atoms with Gasteiger partial charge in [0, 0.05) is 24.6 Å². The Labute approximate surface area is 149 Å². The number of amides is 2. The molecule has 1 aliphatic carbocycles. The molecule has 1 saturated carbocycles. The van der Waals surface area contributed by atoms with E-state index in [9.17, 15) is 4.79 Å². The van der Waals surface area contributed by atoms with E-state index in [1.165, 1.54) is 0 Å². The molecule has 2 N–H and O–H groups in total. The molecule has 3 atom stereocenters. The summed E-state index contributed by atoms with van der Waals surface area (Å²) in [5.74, 6) is 1.79. The van der Waals surface area contributed by atoms with Crippen molar-refractivity contribution >= 4 is 6.03 Å². The van der Waals surface area contributed by atoms with E-state index in [0.717, 1.165) is 56.9 Å². The lowest BCUT2D eigenvalue weighted by atomic mass is 9.58. The van der Waals surface area contributed by atoms with Crippen molar-refractivity contribution in [3.63, 3.8) is 0 Å². The Morgan fingerprint density at radius 2 is 2.04 bits per heavy atom. The Bertz CT molecular complexity index is 611. The first-order chi connectivity index (χ1) is 12.1. The Morgan fingerprint density at radius 1 is 1.28 bits per heavy atom. The largest absolute Gasteiger partial charge is 0.378 e. The Balaban J connectivity index is 1.62. The van der Waals surface area contributed by atoms with E-state index in [2.05, 4.69) is 39.2 Å². The first-order valence-electron chi connectivity index (χ1n) is 9.64. The van der Waals surface area contributed by atoms with Crippen LogP contribution < -0.4 is 10.6 Å². The van der Waals surface area contributed by atoms with Gasteiger partial charge in [-0.15, -0.1) is 10.2 Å². The monoisotopic (exact) mass is 349 g/mol.